The van der Waals surface area contributed by atoms with Crippen molar-refractivity contribution < 1.29 is 9.90 Å². The summed E-state index contributed by atoms with van der Waals surface area (Å²) in [5.41, 5.74) is 0.837. The van der Waals surface area contributed by atoms with Gasteiger partial charge in [-0.2, -0.15) is 0 Å². The van der Waals surface area contributed by atoms with Crippen molar-refractivity contribution in [1.29, 1.82) is 0 Å². The van der Waals surface area contributed by atoms with E-state index in [1.54, 1.807) is 18.2 Å². The molecule has 4 heteroatoms. The number of carbonyl (C=O) groups excluding carboxylic acids is 1. The van der Waals surface area contributed by atoms with Gasteiger partial charge in [-0.3, -0.25) is 4.79 Å². The Kier molecular flexibility index (Phi) is 2.09. The molecule has 1 N–H and O–H groups in total. The normalized spacial score (nSPS) is 10.4. The molecule has 14 heavy (non-hydrogen) atoms. The molecule has 1 aromatic heterocycles. The topological polar surface area (TPSA) is 50.2 Å². The molecule has 2 rings (SSSR count). The quantitative estimate of drug-likeness (QED) is 0.577. The van der Waals surface area contributed by atoms with Gasteiger partial charge in [0.1, 0.15) is 10.9 Å². The predicted octanol–water partition coefficient (Wildman–Crippen LogP) is 2.41. The summed E-state index contributed by atoms with van der Waals surface area (Å²) >= 11 is 5.69. The van der Waals surface area contributed by atoms with Crippen molar-refractivity contribution in [3.05, 3.63) is 35.0 Å². The lowest BCUT2D eigenvalue weighted by molar-refractivity contribution is 0.112. The van der Waals surface area contributed by atoms with Gasteiger partial charge in [0, 0.05) is 5.39 Å². The van der Waals surface area contributed by atoms with Gasteiger partial charge in [0.15, 0.2) is 6.29 Å². The lowest BCUT2D eigenvalue weighted by atomic mass is 10.1. The number of aromatic nitrogens is 1. The number of hydrogen-bond donors (Lipinski definition) is 1. The number of rotatable bonds is 1. The molecule has 1 aromatic carbocycles. The number of aromatic hydroxyl groups is 1. The fourth-order valence-corrected chi connectivity index (χ4v) is 1.47. The third-order valence-electron chi connectivity index (χ3n) is 1.97. The molecule has 0 amide bonds. The highest BCUT2D eigenvalue weighted by atomic mass is 35.5. The van der Waals surface area contributed by atoms with Crippen molar-refractivity contribution in [1.82, 2.24) is 4.98 Å². The molecule has 0 spiro atoms. The van der Waals surface area contributed by atoms with Crippen LogP contribution in [0.15, 0.2) is 24.3 Å². The van der Waals surface area contributed by atoms with Gasteiger partial charge in [-0.05, 0) is 24.3 Å². The summed E-state index contributed by atoms with van der Waals surface area (Å²) < 4.78 is 0. The largest absolute Gasteiger partial charge is 0.507 e. The Morgan fingerprint density at radius 2 is 2.07 bits per heavy atom. The molecular formula is C10H6ClNO2. The van der Waals surface area contributed by atoms with Gasteiger partial charge in [0.2, 0.25) is 0 Å². The van der Waals surface area contributed by atoms with Gasteiger partial charge < -0.3 is 5.11 Å². The molecule has 0 saturated heterocycles. The molecule has 0 aliphatic heterocycles. The van der Waals surface area contributed by atoms with E-state index in [2.05, 4.69) is 4.98 Å². The summed E-state index contributed by atoms with van der Waals surface area (Å²) in [6.07, 6.45) is 0.604. The first-order chi connectivity index (χ1) is 6.72. The number of aldehydes is 1. The summed E-state index contributed by atoms with van der Waals surface area (Å²) in [4.78, 5) is 14.7. The van der Waals surface area contributed by atoms with Crippen molar-refractivity contribution in [3.8, 4) is 5.75 Å². The number of halogens is 1. The summed E-state index contributed by atoms with van der Waals surface area (Å²) in [6, 6.07) is 6.28. The van der Waals surface area contributed by atoms with Crippen LogP contribution < -0.4 is 0 Å². The minimum atomic E-state index is -0.0448. The molecule has 0 aliphatic carbocycles. The molecule has 2 aromatic rings. The summed E-state index contributed by atoms with van der Waals surface area (Å²) in [5, 5.41) is 10.3. The van der Waals surface area contributed by atoms with E-state index in [0.29, 0.717) is 22.3 Å². The van der Waals surface area contributed by atoms with Crippen LogP contribution >= 0.6 is 11.6 Å². The van der Waals surface area contributed by atoms with Crippen molar-refractivity contribution in [2.24, 2.45) is 0 Å². The van der Waals surface area contributed by atoms with Gasteiger partial charge in [-0.1, -0.05) is 11.6 Å². The first-order valence-corrected chi connectivity index (χ1v) is 4.33. The Bertz CT molecular complexity index is 511. The standard InChI is InChI=1S/C10H6ClNO2/c11-10-4-1-6-7(5-13)9(14)3-2-8(6)12-10/h1-5,14H. The predicted molar refractivity (Wildman–Crippen MR) is 53.8 cm³/mol. The zero-order chi connectivity index (χ0) is 10.1. The lowest BCUT2D eigenvalue weighted by Crippen LogP contribution is -1.87. The highest BCUT2D eigenvalue weighted by molar-refractivity contribution is 6.29. The van der Waals surface area contributed by atoms with Crippen molar-refractivity contribution in [2.45, 2.75) is 0 Å². The minimum absolute atomic E-state index is 0.0448. The third-order valence-corrected chi connectivity index (χ3v) is 2.18. The van der Waals surface area contributed by atoms with E-state index < -0.39 is 0 Å². The number of phenols is 1. The fourth-order valence-electron chi connectivity index (χ4n) is 1.31. The van der Waals surface area contributed by atoms with Crippen LogP contribution in [0.1, 0.15) is 10.4 Å². The first kappa shape index (κ1) is 8.97. The number of benzene rings is 1. The minimum Gasteiger partial charge on any atom is -0.507 e. The Hall–Kier alpha value is -1.61. The van der Waals surface area contributed by atoms with E-state index in [1.165, 1.54) is 6.07 Å². The molecule has 1 heterocycles. The van der Waals surface area contributed by atoms with Crippen LogP contribution in [-0.4, -0.2) is 16.4 Å². The zero-order valence-corrected chi connectivity index (χ0v) is 7.82. The number of carbonyl (C=O) groups is 1. The van der Waals surface area contributed by atoms with Gasteiger partial charge in [0.05, 0.1) is 11.1 Å². The van der Waals surface area contributed by atoms with Gasteiger partial charge >= 0.3 is 0 Å². The molecule has 0 aliphatic rings. The Labute approximate surface area is 85.0 Å². The average Bonchev–Trinajstić information content (AvgIpc) is 2.18. The third kappa shape index (κ3) is 1.32. The second-order valence-corrected chi connectivity index (χ2v) is 3.20. The van der Waals surface area contributed by atoms with Crippen LogP contribution in [0, 0.1) is 0 Å². The molecule has 0 bridgehead atoms. The molecular weight excluding hydrogens is 202 g/mol. The maximum absolute atomic E-state index is 10.7. The Morgan fingerprint density at radius 1 is 1.29 bits per heavy atom. The average molecular weight is 208 g/mol. The van der Waals surface area contributed by atoms with E-state index in [9.17, 15) is 9.90 Å². The summed E-state index contributed by atoms with van der Waals surface area (Å²) in [6.45, 7) is 0. The second-order valence-electron chi connectivity index (χ2n) is 2.82. The molecule has 0 fully saturated rings. The number of nitrogens with zero attached hydrogens (tertiary/aromatic N) is 1. The molecule has 0 radical (unpaired) electrons. The number of fused-ring (bicyclic) bond motifs is 1. The number of pyridine rings is 1. The van der Waals surface area contributed by atoms with Crippen LogP contribution in [0.2, 0.25) is 5.15 Å². The van der Waals surface area contributed by atoms with Gasteiger partial charge in [-0.25, -0.2) is 4.98 Å². The second kappa shape index (κ2) is 3.27. The highest BCUT2D eigenvalue weighted by Crippen LogP contribution is 2.25. The maximum atomic E-state index is 10.7. The molecule has 70 valence electrons. The summed E-state index contributed by atoms with van der Waals surface area (Å²) in [7, 11) is 0. The SMILES string of the molecule is O=Cc1c(O)ccc2nc(Cl)ccc12. The monoisotopic (exact) mass is 207 g/mol. The van der Waals surface area contributed by atoms with Gasteiger partial charge in [-0.15, -0.1) is 0 Å². The Balaban J connectivity index is 2.88. The summed E-state index contributed by atoms with van der Waals surface area (Å²) in [5.74, 6) is -0.0448. The van der Waals surface area contributed by atoms with Crippen LogP contribution in [0.4, 0.5) is 0 Å². The van der Waals surface area contributed by atoms with Crippen LogP contribution in [0.25, 0.3) is 10.9 Å². The van der Waals surface area contributed by atoms with Crippen molar-refractivity contribution in [3.63, 3.8) is 0 Å². The van der Waals surface area contributed by atoms with Crippen LogP contribution in [0.3, 0.4) is 0 Å². The van der Waals surface area contributed by atoms with E-state index in [-0.39, 0.29) is 11.3 Å². The zero-order valence-electron chi connectivity index (χ0n) is 7.07. The fraction of sp³-hybridized carbons (Fsp3) is 0. The molecule has 0 saturated carbocycles. The van der Waals surface area contributed by atoms with Crippen molar-refractivity contribution >= 4 is 28.8 Å². The lowest BCUT2D eigenvalue weighted by Gasteiger charge is -2.02. The maximum Gasteiger partial charge on any atom is 0.154 e. The van der Waals surface area contributed by atoms with E-state index in [0.717, 1.165) is 0 Å². The smallest absolute Gasteiger partial charge is 0.154 e. The number of hydrogen-bond acceptors (Lipinski definition) is 3. The van der Waals surface area contributed by atoms with E-state index >= 15 is 0 Å². The molecule has 3 nitrogen and oxygen atoms in total. The highest BCUT2D eigenvalue weighted by Gasteiger charge is 2.06. The van der Waals surface area contributed by atoms with E-state index in [1.807, 2.05) is 0 Å². The molecule has 0 unspecified atom stereocenters. The van der Waals surface area contributed by atoms with Crippen LogP contribution in [-0.2, 0) is 0 Å². The molecule has 0 atom stereocenters. The first-order valence-electron chi connectivity index (χ1n) is 3.96. The van der Waals surface area contributed by atoms with E-state index in [4.69, 9.17) is 11.6 Å². The Morgan fingerprint density at radius 3 is 2.79 bits per heavy atom. The van der Waals surface area contributed by atoms with Crippen molar-refractivity contribution in [2.75, 3.05) is 0 Å². The van der Waals surface area contributed by atoms with Crippen LogP contribution in [0.5, 0.6) is 5.75 Å². The van der Waals surface area contributed by atoms with Gasteiger partial charge in [0.25, 0.3) is 0 Å². The number of phenolic OH excluding ortho intramolecular Hbond substituents is 1.